The predicted molar refractivity (Wildman–Crippen MR) is 122 cm³/mol. The van der Waals surface area contributed by atoms with Crippen molar-refractivity contribution in [3.63, 3.8) is 0 Å². The molecule has 4 heterocycles. The minimum atomic E-state index is 0. The highest BCUT2D eigenvalue weighted by atomic mass is 127. The minimum Gasteiger partial charge on any atom is -0.349 e. The van der Waals surface area contributed by atoms with Crippen molar-refractivity contribution in [1.29, 1.82) is 0 Å². The van der Waals surface area contributed by atoms with Crippen LogP contribution in [0.3, 0.4) is 0 Å². The maximum Gasteiger partial charge on any atom is 0.205 e. The molecule has 2 aliphatic heterocycles. The highest BCUT2D eigenvalue weighted by Crippen LogP contribution is 2.19. The zero-order valence-corrected chi connectivity index (χ0v) is 19.6. The summed E-state index contributed by atoms with van der Waals surface area (Å²) >= 11 is 1.50. The summed E-state index contributed by atoms with van der Waals surface area (Å²) in [7, 11) is 1.84. The van der Waals surface area contributed by atoms with Gasteiger partial charge in [-0.15, -0.1) is 34.2 Å². The molecule has 1 saturated heterocycles. The molecular formula is C17H28IN9S. The van der Waals surface area contributed by atoms with E-state index in [4.69, 9.17) is 0 Å². The van der Waals surface area contributed by atoms with Crippen molar-refractivity contribution in [3.8, 4) is 0 Å². The van der Waals surface area contributed by atoms with Gasteiger partial charge in [-0.2, -0.15) is 4.37 Å². The molecule has 2 aliphatic rings. The van der Waals surface area contributed by atoms with Crippen molar-refractivity contribution < 1.29 is 0 Å². The van der Waals surface area contributed by atoms with Crippen molar-refractivity contribution in [2.75, 3.05) is 38.1 Å². The monoisotopic (exact) mass is 517 g/mol. The van der Waals surface area contributed by atoms with E-state index < -0.39 is 0 Å². The molecule has 4 rings (SSSR count). The van der Waals surface area contributed by atoms with Gasteiger partial charge >= 0.3 is 0 Å². The number of rotatable bonds is 4. The maximum absolute atomic E-state index is 4.60. The van der Waals surface area contributed by atoms with Crippen LogP contribution in [-0.4, -0.2) is 68.2 Å². The molecule has 0 aromatic carbocycles. The number of hydrogen-bond acceptors (Lipinski definition) is 7. The van der Waals surface area contributed by atoms with Crippen LogP contribution in [0.5, 0.6) is 0 Å². The molecule has 0 spiro atoms. The van der Waals surface area contributed by atoms with E-state index >= 15 is 0 Å². The van der Waals surface area contributed by atoms with Crippen LogP contribution < -0.4 is 10.2 Å². The molecule has 0 atom stereocenters. The molecule has 0 bridgehead atoms. The number of anilines is 1. The second-order valence-corrected chi connectivity index (χ2v) is 7.59. The van der Waals surface area contributed by atoms with E-state index in [0.29, 0.717) is 6.54 Å². The van der Waals surface area contributed by atoms with Crippen LogP contribution in [0.15, 0.2) is 4.99 Å². The number of piperazine rings is 1. The van der Waals surface area contributed by atoms with Gasteiger partial charge in [0.2, 0.25) is 5.13 Å². The second-order valence-electron chi connectivity index (χ2n) is 6.86. The third kappa shape index (κ3) is 4.56. The number of hydrogen-bond donors (Lipinski definition) is 1. The van der Waals surface area contributed by atoms with Crippen molar-refractivity contribution in [2.24, 2.45) is 4.99 Å². The summed E-state index contributed by atoms with van der Waals surface area (Å²) in [5, 5.41) is 13.2. The summed E-state index contributed by atoms with van der Waals surface area (Å²) in [6.45, 7) is 7.47. The summed E-state index contributed by atoms with van der Waals surface area (Å²) in [6, 6.07) is 0. The first kappa shape index (κ1) is 21.2. The standard InChI is InChI=1S/C17H27N9S.HI/c1-3-13-20-17(27-23-13)25-10-8-24(9-11-25)16(18-2)19-12-15-22-21-14-6-4-5-7-26(14)15;/h3-12H2,1-2H3,(H,18,19);1H. The van der Waals surface area contributed by atoms with E-state index in [2.05, 4.69) is 51.2 Å². The van der Waals surface area contributed by atoms with Crippen LogP contribution in [0, 0.1) is 0 Å². The molecule has 1 N–H and O–H groups in total. The van der Waals surface area contributed by atoms with Crippen molar-refractivity contribution >= 4 is 46.6 Å². The van der Waals surface area contributed by atoms with Crippen LogP contribution in [0.2, 0.25) is 0 Å². The van der Waals surface area contributed by atoms with Crippen molar-refractivity contribution in [3.05, 3.63) is 17.5 Å². The van der Waals surface area contributed by atoms with Gasteiger partial charge in [0.15, 0.2) is 11.8 Å². The number of fused-ring (bicyclic) bond motifs is 1. The fraction of sp³-hybridized carbons (Fsp3) is 0.706. The van der Waals surface area contributed by atoms with Gasteiger partial charge in [0, 0.05) is 64.1 Å². The molecule has 2 aromatic rings. The molecule has 0 radical (unpaired) electrons. The number of aromatic nitrogens is 5. The first-order valence-corrected chi connectivity index (χ1v) is 10.5. The normalized spacial score (nSPS) is 17.3. The van der Waals surface area contributed by atoms with Gasteiger partial charge in [0.1, 0.15) is 11.6 Å². The third-order valence-corrected chi connectivity index (χ3v) is 5.99. The first-order valence-electron chi connectivity index (χ1n) is 9.72. The second kappa shape index (κ2) is 9.81. The zero-order chi connectivity index (χ0) is 18.6. The van der Waals surface area contributed by atoms with E-state index in [0.717, 1.165) is 74.1 Å². The Bertz CT molecular complexity index is 794. The lowest BCUT2D eigenvalue weighted by Crippen LogP contribution is -2.52. The van der Waals surface area contributed by atoms with Gasteiger partial charge in [0.05, 0.1) is 6.54 Å². The fourth-order valence-corrected chi connectivity index (χ4v) is 4.42. The lowest BCUT2D eigenvalue weighted by Gasteiger charge is -2.36. The molecule has 0 saturated carbocycles. The Balaban J connectivity index is 0.00000225. The highest BCUT2D eigenvalue weighted by molar-refractivity contribution is 14.0. The van der Waals surface area contributed by atoms with Crippen molar-refractivity contribution in [1.82, 2.24) is 34.3 Å². The summed E-state index contributed by atoms with van der Waals surface area (Å²) in [5.41, 5.74) is 0. The average molecular weight is 517 g/mol. The number of nitrogens with zero attached hydrogens (tertiary/aromatic N) is 8. The van der Waals surface area contributed by atoms with E-state index in [9.17, 15) is 0 Å². The summed E-state index contributed by atoms with van der Waals surface area (Å²) in [4.78, 5) is 13.7. The Hall–Kier alpha value is -1.50. The fourth-order valence-electron chi connectivity index (χ4n) is 3.62. The first-order chi connectivity index (χ1) is 13.3. The average Bonchev–Trinajstić information content (AvgIpc) is 3.36. The molecule has 0 unspecified atom stereocenters. The largest absolute Gasteiger partial charge is 0.349 e. The van der Waals surface area contributed by atoms with Crippen molar-refractivity contribution in [2.45, 2.75) is 45.7 Å². The van der Waals surface area contributed by atoms with Gasteiger partial charge in [-0.3, -0.25) is 4.99 Å². The molecule has 9 nitrogen and oxygen atoms in total. The van der Waals surface area contributed by atoms with Gasteiger partial charge < -0.3 is 19.7 Å². The maximum atomic E-state index is 4.60. The lowest BCUT2D eigenvalue weighted by molar-refractivity contribution is 0.371. The van der Waals surface area contributed by atoms with Crippen LogP contribution in [0.1, 0.15) is 37.2 Å². The Morgan fingerprint density at radius 1 is 1.14 bits per heavy atom. The topological polar surface area (TPSA) is 87.4 Å². The Morgan fingerprint density at radius 2 is 1.96 bits per heavy atom. The van der Waals surface area contributed by atoms with Crippen LogP contribution in [0.4, 0.5) is 5.13 Å². The number of halogens is 1. The molecule has 1 fully saturated rings. The molecular weight excluding hydrogens is 489 g/mol. The molecule has 154 valence electrons. The summed E-state index contributed by atoms with van der Waals surface area (Å²) < 4.78 is 6.65. The molecule has 11 heteroatoms. The molecule has 0 amide bonds. The van der Waals surface area contributed by atoms with Gasteiger partial charge in [-0.25, -0.2) is 4.98 Å². The van der Waals surface area contributed by atoms with E-state index in [1.54, 1.807) is 0 Å². The van der Waals surface area contributed by atoms with E-state index in [1.165, 1.54) is 24.4 Å². The zero-order valence-electron chi connectivity index (χ0n) is 16.5. The van der Waals surface area contributed by atoms with Gasteiger partial charge in [-0.05, 0) is 12.8 Å². The van der Waals surface area contributed by atoms with E-state index in [1.807, 2.05) is 7.05 Å². The molecule has 2 aromatic heterocycles. The smallest absolute Gasteiger partial charge is 0.205 e. The van der Waals surface area contributed by atoms with Crippen LogP contribution in [-0.2, 0) is 25.9 Å². The number of nitrogens with one attached hydrogen (secondary N) is 1. The number of guanidine groups is 1. The summed E-state index contributed by atoms with van der Waals surface area (Å²) in [6.07, 6.45) is 4.35. The Kier molecular flexibility index (Phi) is 7.43. The van der Waals surface area contributed by atoms with Crippen LogP contribution in [0.25, 0.3) is 0 Å². The number of aliphatic imine (C=N–C) groups is 1. The van der Waals surface area contributed by atoms with Crippen LogP contribution >= 0.6 is 35.5 Å². The SMILES string of the molecule is CCc1nsc(N2CCN(C(=NC)NCc3nnc4n3CCCC4)CC2)n1.I. The van der Waals surface area contributed by atoms with Gasteiger partial charge in [0.25, 0.3) is 0 Å². The number of aryl methyl sites for hydroxylation is 2. The minimum absolute atomic E-state index is 0. The highest BCUT2D eigenvalue weighted by Gasteiger charge is 2.23. The molecule has 28 heavy (non-hydrogen) atoms. The Morgan fingerprint density at radius 3 is 2.68 bits per heavy atom. The van der Waals surface area contributed by atoms with E-state index in [-0.39, 0.29) is 24.0 Å². The Labute approximate surface area is 186 Å². The predicted octanol–water partition coefficient (Wildman–Crippen LogP) is 1.54. The summed E-state index contributed by atoms with van der Waals surface area (Å²) in [5.74, 6) is 3.98. The third-order valence-electron chi connectivity index (χ3n) is 5.18. The quantitative estimate of drug-likeness (QED) is 0.374. The lowest BCUT2D eigenvalue weighted by atomic mass is 10.2. The van der Waals surface area contributed by atoms with Gasteiger partial charge in [-0.1, -0.05) is 6.92 Å². The molecule has 0 aliphatic carbocycles.